The van der Waals surface area contributed by atoms with Crippen LogP contribution in [0.15, 0.2) is 48.6 Å². The van der Waals surface area contributed by atoms with Crippen molar-refractivity contribution in [2.45, 2.75) is 96.7 Å². The number of nitrogens with one attached hydrogen (secondary N) is 2. The first kappa shape index (κ1) is 45.2. The normalized spacial score (nSPS) is 19.7. The number of rotatable bonds is 11. The Morgan fingerprint density at radius 2 is 1.27 bits per heavy atom. The molecule has 0 spiro atoms. The van der Waals surface area contributed by atoms with Gasteiger partial charge in [-0.05, 0) is 98.2 Å². The van der Waals surface area contributed by atoms with Crippen molar-refractivity contribution in [3.05, 3.63) is 93.6 Å². The van der Waals surface area contributed by atoms with Gasteiger partial charge in [-0.15, -0.1) is 0 Å². The minimum atomic E-state index is -1.43. The predicted molar refractivity (Wildman–Crippen MR) is 240 cm³/mol. The Labute approximate surface area is 378 Å². The van der Waals surface area contributed by atoms with E-state index in [0.29, 0.717) is 67.1 Å². The van der Waals surface area contributed by atoms with Gasteiger partial charge in [-0.1, -0.05) is 24.8 Å². The Bertz CT molecular complexity index is 2970. The van der Waals surface area contributed by atoms with Crippen molar-refractivity contribution in [3.8, 4) is 0 Å². The summed E-state index contributed by atoms with van der Waals surface area (Å²) in [6, 6.07) is 7.32. The lowest BCUT2D eigenvalue weighted by atomic mass is 9.64. The molecule has 8 rings (SSSR count). The molecule has 66 heavy (non-hydrogen) atoms. The molecule has 0 aromatic carbocycles. The van der Waals surface area contributed by atoms with Crippen LogP contribution in [0.1, 0.15) is 104 Å². The molecule has 2 aliphatic heterocycles. The summed E-state index contributed by atoms with van der Waals surface area (Å²) in [6.07, 6.45) is 2.12. The third-order valence-electron chi connectivity index (χ3n) is 13.4. The molecule has 16 nitrogen and oxygen atoms in total. The van der Waals surface area contributed by atoms with Crippen LogP contribution in [-0.2, 0) is 69.1 Å². The molecule has 5 aliphatic rings. The van der Waals surface area contributed by atoms with Crippen LogP contribution >= 0.6 is 0 Å². The summed E-state index contributed by atoms with van der Waals surface area (Å²) in [5.41, 5.74) is 8.18. The quantitative estimate of drug-likeness (QED) is 0.125. The molecule has 340 valence electrons. The molecule has 0 amide bonds. The molecule has 2 N–H and O–H groups in total. The number of hydrogen-bond acceptors (Lipinski definition) is 14. The number of carbonyl (C=O) groups is 8. The smallest absolute Gasteiger partial charge is 0.334 e. The molecule has 16 heteroatoms. The van der Waals surface area contributed by atoms with Crippen molar-refractivity contribution >= 4 is 91.9 Å². The molecule has 3 aromatic rings. The summed E-state index contributed by atoms with van der Waals surface area (Å²) in [5.74, 6) is -5.77. The van der Waals surface area contributed by atoms with Gasteiger partial charge in [-0.25, -0.2) is 9.78 Å². The second kappa shape index (κ2) is 17.6. The van der Waals surface area contributed by atoms with Gasteiger partial charge in [0.25, 0.3) is 0 Å². The predicted octanol–water partition coefficient (Wildman–Crippen LogP) is 6.15. The van der Waals surface area contributed by atoms with E-state index in [1.807, 2.05) is 39.8 Å². The molecule has 8 bridgehead atoms. The molecular formula is C50H48N4O12. The Hall–Kier alpha value is -7.36. The van der Waals surface area contributed by atoms with E-state index in [1.165, 1.54) is 14.2 Å². The highest BCUT2D eigenvalue weighted by Gasteiger charge is 2.53. The van der Waals surface area contributed by atoms with Crippen molar-refractivity contribution < 1.29 is 57.3 Å². The van der Waals surface area contributed by atoms with Crippen LogP contribution in [0.5, 0.6) is 0 Å². The van der Waals surface area contributed by atoms with Gasteiger partial charge in [-0.3, -0.25) is 38.5 Å². The number of methoxy groups -OCH3 is 2. The fraction of sp³-hybridized carbons (Fsp3) is 0.360. The number of ether oxygens (including phenoxy) is 4. The van der Waals surface area contributed by atoms with Crippen molar-refractivity contribution in [3.63, 3.8) is 0 Å². The molecule has 0 radical (unpaired) electrons. The first-order valence-electron chi connectivity index (χ1n) is 21.6. The van der Waals surface area contributed by atoms with E-state index in [4.69, 9.17) is 28.9 Å². The molecular weight excluding hydrogens is 849 g/mol. The topological polar surface area (TPSA) is 231 Å². The highest BCUT2D eigenvalue weighted by Crippen LogP contribution is 2.52. The average Bonchev–Trinajstić information content (AvgIpc) is 4.09. The summed E-state index contributed by atoms with van der Waals surface area (Å²) in [6.45, 7) is 11.6. The number of ketones is 4. The van der Waals surface area contributed by atoms with Crippen LogP contribution in [0.2, 0.25) is 0 Å². The van der Waals surface area contributed by atoms with Gasteiger partial charge in [0.15, 0.2) is 23.1 Å². The first-order chi connectivity index (χ1) is 31.5. The van der Waals surface area contributed by atoms with Gasteiger partial charge < -0.3 is 28.9 Å². The highest BCUT2D eigenvalue weighted by atomic mass is 16.6. The van der Waals surface area contributed by atoms with Gasteiger partial charge in [0.05, 0.1) is 48.0 Å². The number of fused-ring (bicyclic) bond motifs is 11. The number of aromatic nitrogens is 4. The number of H-pyrrole nitrogens is 2. The SMILES string of the molecule is C=Cc1c(C)c2cc3nc(cc4[nH]c(cc5nc(cc1[nH]2)C(C)=C5CCC(=O)OC1C(=O)CCC1=O)c(CCC(=O)OC1C(=O)CCC1=O)c4C)[C@@]1(C)C3=CC=C(C(=O)OC)[C@H]1C(=O)OC. The minimum absolute atomic E-state index is 0.0121. The number of allylic oxidation sites excluding steroid dienone is 5. The third kappa shape index (κ3) is 7.83. The van der Waals surface area contributed by atoms with Gasteiger partial charge >= 0.3 is 23.9 Å². The average molecular weight is 897 g/mol. The van der Waals surface area contributed by atoms with Crippen molar-refractivity contribution in [2.75, 3.05) is 14.2 Å². The van der Waals surface area contributed by atoms with Crippen molar-refractivity contribution in [1.82, 2.24) is 19.9 Å². The first-order valence-corrected chi connectivity index (χ1v) is 21.6. The maximum absolute atomic E-state index is 13.9. The monoisotopic (exact) mass is 896 g/mol. The van der Waals surface area contributed by atoms with Gasteiger partial charge in [0, 0.05) is 66.2 Å². The summed E-state index contributed by atoms with van der Waals surface area (Å²) in [4.78, 5) is 120. The van der Waals surface area contributed by atoms with Crippen LogP contribution in [0.4, 0.5) is 0 Å². The minimum Gasteiger partial charge on any atom is -0.469 e. The van der Waals surface area contributed by atoms with Gasteiger partial charge in [0.2, 0.25) is 12.2 Å². The Morgan fingerprint density at radius 3 is 1.86 bits per heavy atom. The number of hydrogen-bond donors (Lipinski definition) is 2. The van der Waals surface area contributed by atoms with E-state index >= 15 is 0 Å². The highest BCUT2D eigenvalue weighted by molar-refractivity contribution is 6.13. The van der Waals surface area contributed by atoms with Crippen molar-refractivity contribution in [1.29, 1.82) is 0 Å². The van der Waals surface area contributed by atoms with Crippen LogP contribution in [0.3, 0.4) is 0 Å². The lowest BCUT2D eigenvalue weighted by Gasteiger charge is -2.36. The molecule has 5 heterocycles. The zero-order valence-corrected chi connectivity index (χ0v) is 37.4. The number of nitrogens with zero attached hydrogens (tertiary/aromatic N) is 2. The molecule has 0 unspecified atom stereocenters. The van der Waals surface area contributed by atoms with E-state index in [0.717, 1.165) is 16.7 Å². The van der Waals surface area contributed by atoms with E-state index in [1.54, 1.807) is 30.4 Å². The number of esters is 4. The second-order valence-electron chi connectivity index (χ2n) is 17.2. The summed E-state index contributed by atoms with van der Waals surface area (Å²) < 4.78 is 21.2. The molecule has 2 fully saturated rings. The number of aromatic amines is 2. The summed E-state index contributed by atoms with van der Waals surface area (Å²) in [7, 11) is 2.48. The van der Waals surface area contributed by atoms with Gasteiger partial charge in [0.1, 0.15) is 5.92 Å². The third-order valence-corrected chi connectivity index (χ3v) is 13.4. The summed E-state index contributed by atoms with van der Waals surface area (Å²) >= 11 is 0. The Morgan fingerprint density at radius 1 is 0.712 bits per heavy atom. The molecule has 3 aliphatic carbocycles. The maximum Gasteiger partial charge on any atom is 0.334 e. The van der Waals surface area contributed by atoms with Crippen molar-refractivity contribution in [2.24, 2.45) is 5.92 Å². The molecule has 2 atom stereocenters. The van der Waals surface area contributed by atoms with E-state index < -0.39 is 70.6 Å². The van der Waals surface area contributed by atoms with Gasteiger partial charge in [-0.2, -0.15) is 0 Å². The maximum atomic E-state index is 13.9. The standard InChI is InChI=1S/C50H48N4O12/c1-8-26-23(2)32-20-37-30-12-9-29(48(61)63-6)45(49(62)64-7)50(30,5)42(54-37)22-33-25(4)28(11-18-44(60)66-47-40(57)15-16-41(47)58)36(53-33)21-35-27(24(3)31(52-35)19-34(26)51-32)10-17-43(59)65-46-38(55)13-14-39(46)56/h8-9,12,19-22,45-47,51,53H,1,10-11,13-18H2,2-7H3/t45-,50+/m0/s1. The molecule has 0 saturated heterocycles. The van der Waals surface area contributed by atoms with E-state index in [9.17, 15) is 38.4 Å². The second-order valence-corrected chi connectivity index (χ2v) is 17.2. The lowest BCUT2D eigenvalue weighted by molar-refractivity contribution is -0.157. The zero-order valence-electron chi connectivity index (χ0n) is 37.4. The Balaban J connectivity index is 1.35. The summed E-state index contributed by atoms with van der Waals surface area (Å²) in [5, 5.41) is 0. The lowest BCUT2D eigenvalue weighted by Crippen LogP contribution is -2.42. The molecule has 2 saturated carbocycles. The number of aryl methyl sites for hydroxylation is 3. The van der Waals surface area contributed by atoms with Crippen LogP contribution in [0, 0.1) is 19.8 Å². The zero-order chi connectivity index (χ0) is 47.4. The number of Topliss-reactive ketones (excluding diaryl/α,β-unsaturated/α-hetero) is 4. The fourth-order valence-corrected chi connectivity index (χ4v) is 9.60. The van der Waals surface area contributed by atoms with Crippen LogP contribution < -0.4 is 0 Å². The van der Waals surface area contributed by atoms with Crippen LogP contribution in [0.25, 0.3) is 44.9 Å². The Kier molecular flexibility index (Phi) is 12.0. The van der Waals surface area contributed by atoms with E-state index in [-0.39, 0.29) is 56.9 Å². The molecule has 3 aromatic heterocycles. The fourth-order valence-electron chi connectivity index (χ4n) is 9.60. The van der Waals surface area contributed by atoms with E-state index in [2.05, 4.69) is 16.5 Å². The largest absolute Gasteiger partial charge is 0.469 e. The van der Waals surface area contributed by atoms with Crippen LogP contribution in [-0.4, -0.2) is 93.4 Å². The number of carbonyl (C=O) groups excluding carboxylic acids is 8.